The summed E-state index contributed by atoms with van der Waals surface area (Å²) in [7, 11) is 0. The van der Waals surface area contributed by atoms with E-state index in [2.05, 4.69) is 6.92 Å². The van der Waals surface area contributed by atoms with Crippen LogP contribution in [0.25, 0.3) is 0 Å². The molecule has 2 aliphatic rings. The number of likely N-dealkylation sites (tertiary alicyclic amines) is 1. The fraction of sp³-hybridized carbons (Fsp3) is 0.650. The van der Waals surface area contributed by atoms with Crippen molar-refractivity contribution in [3.63, 3.8) is 0 Å². The Hall–Kier alpha value is -1.39. The molecule has 1 aromatic carbocycles. The molecule has 1 aromatic rings. The maximum absolute atomic E-state index is 12.8. The van der Waals surface area contributed by atoms with Gasteiger partial charge in [-0.1, -0.05) is 37.3 Å². The Labute approximate surface area is 144 Å². The van der Waals surface area contributed by atoms with Crippen LogP contribution < -0.4 is 0 Å². The molecule has 2 aliphatic heterocycles. The third kappa shape index (κ3) is 3.98. The average Bonchev–Trinajstić information content (AvgIpc) is 2.68. The monoisotopic (exact) mass is 331 g/mol. The van der Waals surface area contributed by atoms with Crippen molar-refractivity contribution in [2.75, 3.05) is 26.3 Å². The number of hydrogen-bond donors (Lipinski definition) is 1. The van der Waals surface area contributed by atoms with E-state index in [0.29, 0.717) is 5.92 Å². The van der Waals surface area contributed by atoms with Crippen LogP contribution in [0.15, 0.2) is 30.3 Å². The molecule has 132 valence electrons. The summed E-state index contributed by atoms with van der Waals surface area (Å²) in [4.78, 5) is 14.8. The van der Waals surface area contributed by atoms with E-state index in [1.54, 1.807) is 0 Å². The second-order valence-corrected chi connectivity index (χ2v) is 7.26. The molecule has 2 fully saturated rings. The van der Waals surface area contributed by atoms with Gasteiger partial charge in [0.05, 0.1) is 6.10 Å². The molecule has 0 aromatic heterocycles. The Bertz CT molecular complexity index is 519. The minimum Gasteiger partial charge on any atom is -0.388 e. The number of carbonyl (C=O) groups is 1. The number of aliphatic hydroxyl groups excluding tert-OH is 1. The Morgan fingerprint density at radius 3 is 2.33 bits per heavy atom. The highest BCUT2D eigenvalue weighted by atomic mass is 16.5. The van der Waals surface area contributed by atoms with Gasteiger partial charge in [-0.3, -0.25) is 4.79 Å². The van der Waals surface area contributed by atoms with Crippen LogP contribution in [0.1, 0.15) is 44.3 Å². The lowest BCUT2D eigenvalue weighted by atomic mass is 9.84. The van der Waals surface area contributed by atoms with Crippen molar-refractivity contribution >= 4 is 5.91 Å². The third-order valence-electron chi connectivity index (χ3n) is 5.80. The fourth-order valence-corrected chi connectivity index (χ4v) is 4.06. The summed E-state index contributed by atoms with van der Waals surface area (Å²) in [5.74, 6) is 1.08. The highest BCUT2D eigenvalue weighted by Gasteiger charge is 2.33. The second-order valence-electron chi connectivity index (χ2n) is 7.26. The van der Waals surface area contributed by atoms with E-state index in [-0.39, 0.29) is 17.7 Å². The Kier molecular flexibility index (Phi) is 5.90. The van der Waals surface area contributed by atoms with Gasteiger partial charge in [-0.25, -0.2) is 0 Å². The molecular formula is C20H29NO3. The molecule has 0 aliphatic carbocycles. The van der Waals surface area contributed by atoms with E-state index in [1.165, 1.54) is 0 Å². The first-order valence-electron chi connectivity index (χ1n) is 9.26. The van der Waals surface area contributed by atoms with Crippen LogP contribution in [0.3, 0.4) is 0 Å². The summed E-state index contributed by atoms with van der Waals surface area (Å²) in [6, 6.07) is 9.86. The summed E-state index contributed by atoms with van der Waals surface area (Å²) in [5.41, 5.74) is 0.984. The van der Waals surface area contributed by atoms with Crippen LogP contribution in [0.4, 0.5) is 0 Å². The molecule has 4 heteroatoms. The van der Waals surface area contributed by atoms with Gasteiger partial charge in [0.15, 0.2) is 0 Å². The summed E-state index contributed by atoms with van der Waals surface area (Å²) in [5, 5.41) is 10.6. The molecule has 0 bridgehead atoms. The van der Waals surface area contributed by atoms with Crippen molar-refractivity contribution in [2.45, 2.75) is 38.7 Å². The van der Waals surface area contributed by atoms with Gasteiger partial charge in [-0.15, -0.1) is 0 Å². The molecule has 2 saturated heterocycles. The summed E-state index contributed by atoms with van der Waals surface area (Å²) < 4.78 is 5.40. The van der Waals surface area contributed by atoms with Gasteiger partial charge < -0.3 is 14.7 Å². The summed E-state index contributed by atoms with van der Waals surface area (Å²) >= 11 is 0. The normalized spacial score (nSPS) is 23.0. The van der Waals surface area contributed by atoms with Crippen LogP contribution in [-0.2, 0) is 9.53 Å². The quantitative estimate of drug-likeness (QED) is 0.923. The highest BCUT2D eigenvalue weighted by Crippen LogP contribution is 2.32. The predicted octanol–water partition coefficient (Wildman–Crippen LogP) is 3.02. The van der Waals surface area contributed by atoms with Crippen molar-refractivity contribution in [1.29, 1.82) is 0 Å². The third-order valence-corrected chi connectivity index (χ3v) is 5.80. The van der Waals surface area contributed by atoms with Gasteiger partial charge in [0.25, 0.3) is 0 Å². The van der Waals surface area contributed by atoms with E-state index in [1.807, 2.05) is 35.2 Å². The van der Waals surface area contributed by atoms with Crippen LogP contribution in [-0.4, -0.2) is 42.2 Å². The molecule has 2 atom stereocenters. The van der Waals surface area contributed by atoms with E-state index in [0.717, 1.165) is 57.6 Å². The molecule has 0 saturated carbocycles. The molecule has 24 heavy (non-hydrogen) atoms. The molecule has 2 heterocycles. The zero-order valence-corrected chi connectivity index (χ0v) is 14.6. The first-order chi connectivity index (χ1) is 11.7. The van der Waals surface area contributed by atoms with Crippen LogP contribution in [0.5, 0.6) is 0 Å². The van der Waals surface area contributed by atoms with Crippen LogP contribution in [0.2, 0.25) is 0 Å². The van der Waals surface area contributed by atoms with E-state index >= 15 is 0 Å². The molecule has 3 rings (SSSR count). The fourth-order valence-electron chi connectivity index (χ4n) is 4.06. The average molecular weight is 331 g/mol. The number of benzene rings is 1. The van der Waals surface area contributed by atoms with Crippen LogP contribution >= 0.6 is 0 Å². The van der Waals surface area contributed by atoms with E-state index in [9.17, 15) is 9.90 Å². The van der Waals surface area contributed by atoms with Gasteiger partial charge in [0.1, 0.15) is 0 Å². The molecule has 0 spiro atoms. The minimum absolute atomic E-state index is 0.0875. The van der Waals surface area contributed by atoms with E-state index in [4.69, 9.17) is 4.74 Å². The summed E-state index contributed by atoms with van der Waals surface area (Å²) in [6.07, 6.45) is 3.33. The Morgan fingerprint density at radius 1 is 1.08 bits per heavy atom. The summed E-state index contributed by atoms with van der Waals surface area (Å²) in [6.45, 7) is 5.17. The highest BCUT2D eigenvalue weighted by molar-refractivity contribution is 5.78. The van der Waals surface area contributed by atoms with Gasteiger partial charge >= 0.3 is 0 Å². The van der Waals surface area contributed by atoms with Crippen molar-refractivity contribution in [3.05, 3.63) is 35.9 Å². The number of nitrogens with zero attached hydrogens (tertiary/aromatic N) is 1. The lowest BCUT2D eigenvalue weighted by Gasteiger charge is -2.37. The number of piperidine rings is 1. The number of hydrogen-bond acceptors (Lipinski definition) is 3. The maximum Gasteiger partial charge on any atom is 0.225 e. The minimum atomic E-state index is -0.420. The molecule has 4 nitrogen and oxygen atoms in total. The first-order valence-corrected chi connectivity index (χ1v) is 9.26. The number of carbonyl (C=O) groups excluding carboxylic acids is 1. The lowest BCUT2D eigenvalue weighted by Crippen LogP contribution is -2.44. The number of aliphatic hydroxyl groups is 1. The van der Waals surface area contributed by atoms with Crippen molar-refractivity contribution in [3.8, 4) is 0 Å². The topological polar surface area (TPSA) is 49.8 Å². The standard InChI is InChI=1S/C20H29NO3/c1-15(16-9-13-24-14-10-16)20(23)21-11-7-18(8-12-21)19(22)17-5-3-2-4-6-17/h2-6,15-16,18-19,22H,7-14H2,1H3. The van der Waals surface area contributed by atoms with E-state index < -0.39 is 6.10 Å². The molecule has 0 radical (unpaired) electrons. The zero-order valence-electron chi connectivity index (χ0n) is 14.6. The van der Waals surface area contributed by atoms with Gasteiger partial charge in [0.2, 0.25) is 5.91 Å². The Morgan fingerprint density at radius 2 is 1.71 bits per heavy atom. The van der Waals surface area contributed by atoms with Crippen molar-refractivity contribution in [1.82, 2.24) is 4.90 Å². The molecular weight excluding hydrogens is 302 g/mol. The molecule has 1 N–H and O–H groups in total. The van der Waals surface area contributed by atoms with Gasteiger partial charge in [-0.05, 0) is 43.1 Å². The van der Waals surface area contributed by atoms with Crippen molar-refractivity contribution < 1.29 is 14.6 Å². The largest absolute Gasteiger partial charge is 0.388 e. The smallest absolute Gasteiger partial charge is 0.225 e. The first kappa shape index (κ1) is 17.4. The zero-order chi connectivity index (χ0) is 16.9. The SMILES string of the molecule is CC(C(=O)N1CCC(C(O)c2ccccc2)CC1)C1CCOCC1. The number of ether oxygens (including phenoxy) is 1. The van der Waals surface area contributed by atoms with Crippen molar-refractivity contribution in [2.24, 2.45) is 17.8 Å². The second kappa shape index (κ2) is 8.13. The number of amides is 1. The van der Waals surface area contributed by atoms with Crippen LogP contribution in [0, 0.1) is 17.8 Å². The molecule has 2 unspecified atom stereocenters. The molecule has 1 amide bonds. The Balaban J connectivity index is 1.51. The number of rotatable bonds is 4. The maximum atomic E-state index is 12.8. The predicted molar refractivity (Wildman–Crippen MR) is 93.4 cm³/mol. The lowest BCUT2D eigenvalue weighted by molar-refractivity contribution is -0.140. The van der Waals surface area contributed by atoms with Gasteiger partial charge in [0, 0.05) is 32.2 Å². The van der Waals surface area contributed by atoms with Gasteiger partial charge in [-0.2, -0.15) is 0 Å².